The number of halogens is 2. The lowest BCUT2D eigenvalue weighted by Crippen LogP contribution is -2.32. The van der Waals surface area contributed by atoms with Gasteiger partial charge in [-0.15, -0.1) is 0 Å². The number of nitrogens with zero attached hydrogens (tertiary/aromatic N) is 1. The third kappa shape index (κ3) is 6.83. The van der Waals surface area contributed by atoms with Crippen molar-refractivity contribution in [2.75, 3.05) is 32.6 Å². The van der Waals surface area contributed by atoms with Crippen LogP contribution in [0.4, 0.5) is 4.39 Å². The highest BCUT2D eigenvalue weighted by Crippen LogP contribution is 2.48. The fourth-order valence-electron chi connectivity index (χ4n) is 2.87. The first-order valence-electron chi connectivity index (χ1n) is 9.47. The van der Waals surface area contributed by atoms with E-state index in [0.29, 0.717) is 0 Å². The number of nitrogens with one attached hydrogen (secondary N) is 1. The minimum atomic E-state index is -3.32. The average molecular weight is 471 g/mol. The summed E-state index contributed by atoms with van der Waals surface area (Å²) in [6, 6.07) is 0. The van der Waals surface area contributed by atoms with Crippen LogP contribution in [0.25, 0.3) is 0 Å². The Hall–Kier alpha value is -1.36. The number of aromatic nitrogens is 2. The largest absolute Gasteiger partial charge is 0.371 e. The molecule has 0 radical (unpaired) electrons. The Balaban J connectivity index is 1.82. The fourth-order valence-corrected chi connectivity index (χ4v) is 4.66. The molecule has 170 valence electrons. The summed E-state index contributed by atoms with van der Waals surface area (Å²) in [5, 5.41) is -0.227. The molecule has 0 amide bonds. The Bertz CT molecular complexity index is 881. The number of aromatic amines is 1. The average Bonchev–Trinajstić information content (AvgIpc) is 3.04. The van der Waals surface area contributed by atoms with Gasteiger partial charge < -0.3 is 18.5 Å². The smallest absolute Gasteiger partial charge is 0.331 e. The zero-order valence-corrected chi connectivity index (χ0v) is 18.3. The Morgan fingerprint density at radius 2 is 2.03 bits per heavy atom. The molecule has 1 N–H and O–H groups in total. The van der Waals surface area contributed by atoms with Gasteiger partial charge in [0.15, 0.2) is 5.78 Å². The van der Waals surface area contributed by atoms with E-state index in [1.165, 1.54) is 0 Å². The predicted octanol–water partition coefficient (Wildman–Crippen LogP) is 2.06. The number of hydrogen-bond donors (Lipinski definition) is 1. The number of H-pyrrole nitrogens is 1. The standard InChI is InChI=1S/C17H25ClFN2O8P/c1-3-27-30(25,28-4-2)6-5-11(22)9-26-10-14-13(19)7-15(29-14)21-8-12(18)16(23)20-17(21)24/h8,13-15H,3-7,9-10H2,1-2H3,(H,20,23,24)/t13?,14-,15-/m0/s1. The zero-order valence-electron chi connectivity index (χ0n) is 16.7. The van der Waals surface area contributed by atoms with Gasteiger partial charge in [-0.2, -0.15) is 0 Å². The molecule has 2 heterocycles. The number of hydrogen-bond acceptors (Lipinski definition) is 8. The van der Waals surface area contributed by atoms with E-state index in [1.807, 2.05) is 4.98 Å². The molecule has 1 aliphatic rings. The molecule has 10 nitrogen and oxygen atoms in total. The Morgan fingerprint density at radius 3 is 2.67 bits per heavy atom. The maximum Gasteiger partial charge on any atom is 0.331 e. The Labute approximate surface area is 177 Å². The van der Waals surface area contributed by atoms with E-state index in [-0.39, 0.29) is 56.2 Å². The molecule has 1 saturated heterocycles. The highest BCUT2D eigenvalue weighted by Gasteiger charge is 2.37. The summed E-state index contributed by atoms with van der Waals surface area (Å²) in [6.07, 6.45) is -2.61. The van der Waals surface area contributed by atoms with Gasteiger partial charge in [0.05, 0.1) is 26.0 Å². The van der Waals surface area contributed by atoms with Gasteiger partial charge >= 0.3 is 13.3 Å². The number of carbonyl (C=O) groups excluding carboxylic acids is 1. The molecule has 13 heteroatoms. The molecule has 1 fully saturated rings. The van der Waals surface area contributed by atoms with E-state index in [9.17, 15) is 23.3 Å². The van der Waals surface area contributed by atoms with Crippen LogP contribution in [0.5, 0.6) is 0 Å². The van der Waals surface area contributed by atoms with E-state index in [2.05, 4.69) is 0 Å². The molecular weight excluding hydrogens is 446 g/mol. The predicted molar refractivity (Wildman–Crippen MR) is 106 cm³/mol. The van der Waals surface area contributed by atoms with Crippen molar-refractivity contribution in [2.45, 2.75) is 45.2 Å². The van der Waals surface area contributed by atoms with Gasteiger partial charge in [-0.3, -0.25) is 23.7 Å². The van der Waals surface area contributed by atoms with E-state index < -0.39 is 37.3 Å². The molecule has 2 rings (SSSR count). The highest BCUT2D eigenvalue weighted by molar-refractivity contribution is 7.53. The van der Waals surface area contributed by atoms with Crippen molar-refractivity contribution in [2.24, 2.45) is 0 Å². The van der Waals surface area contributed by atoms with Crippen molar-refractivity contribution in [3.8, 4) is 0 Å². The van der Waals surface area contributed by atoms with Gasteiger partial charge in [0.2, 0.25) is 0 Å². The monoisotopic (exact) mass is 470 g/mol. The molecule has 0 spiro atoms. The first-order chi connectivity index (χ1) is 14.2. The molecule has 3 atom stereocenters. The van der Waals surface area contributed by atoms with Gasteiger partial charge in [0.25, 0.3) is 5.56 Å². The molecule has 0 saturated carbocycles. The first kappa shape index (κ1) is 24.9. The lowest BCUT2D eigenvalue weighted by Gasteiger charge is -2.17. The maximum absolute atomic E-state index is 14.3. The van der Waals surface area contributed by atoms with E-state index in [1.54, 1.807) is 13.8 Å². The summed E-state index contributed by atoms with van der Waals surface area (Å²) in [4.78, 5) is 37.2. The van der Waals surface area contributed by atoms with Crippen molar-refractivity contribution in [1.29, 1.82) is 0 Å². The van der Waals surface area contributed by atoms with Crippen LogP contribution in [-0.2, 0) is 27.9 Å². The summed E-state index contributed by atoms with van der Waals surface area (Å²) in [5.74, 6) is -0.344. The van der Waals surface area contributed by atoms with Gasteiger partial charge in [0, 0.05) is 19.0 Å². The van der Waals surface area contributed by atoms with Gasteiger partial charge in [-0.1, -0.05) is 11.6 Å². The van der Waals surface area contributed by atoms with Crippen LogP contribution < -0.4 is 11.2 Å². The summed E-state index contributed by atoms with van der Waals surface area (Å²) >= 11 is 5.70. The van der Waals surface area contributed by atoms with Gasteiger partial charge in [0.1, 0.15) is 30.1 Å². The number of alkyl halides is 1. The molecule has 1 unspecified atom stereocenters. The SMILES string of the molecule is CCOP(=O)(CCC(=O)COC[C@@H]1O[C@H](n2cc(Cl)c(=O)[nH]c2=O)CC1F)OCC. The quantitative estimate of drug-likeness (QED) is 0.460. The molecule has 1 aromatic heterocycles. The number of rotatable bonds is 12. The summed E-state index contributed by atoms with van der Waals surface area (Å²) in [6.45, 7) is 3.21. The lowest BCUT2D eigenvalue weighted by atomic mass is 10.2. The zero-order chi connectivity index (χ0) is 22.3. The minimum Gasteiger partial charge on any atom is -0.371 e. The molecular formula is C17H25ClFN2O8P. The van der Waals surface area contributed by atoms with Crippen molar-refractivity contribution < 1.29 is 32.3 Å². The third-order valence-corrected chi connectivity index (χ3v) is 6.60. The fraction of sp³-hybridized carbons (Fsp3) is 0.706. The molecule has 0 aliphatic carbocycles. The van der Waals surface area contributed by atoms with Crippen LogP contribution in [-0.4, -0.2) is 60.2 Å². The molecule has 0 aromatic carbocycles. The van der Waals surface area contributed by atoms with Crippen LogP contribution in [0.3, 0.4) is 0 Å². The van der Waals surface area contributed by atoms with Crippen molar-refractivity contribution in [1.82, 2.24) is 9.55 Å². The minimum absolute atomic E-state index is 0.0690. The van der Waals surface area contributed by atoms with Crippen molar-refractivity contribution >= 4 is 25.0 Å². The first-order valence-corrected chi connectivity index (χ1v) is 11.6. The normalized spacial score (nSPS) is 21.8. The summed E-state index contributed by atoms with van der Waals surface area (Å²) < 4.78 is 48.5. The Morgan fingerprint density at radius 1 is 1.37 bits per heavy atom. The highest BCUT2D eigenvalue weighted by atomic mass is 35.5. The molecule has 1 aromatic rings. The second-order valence-corrected chi connectivity index (χ2v) is 9.09. The van der Waals surface area contributed by atoms with E-state index in [0.717, 1.165) is 10.8 Å². The van der Waals surface area contributed by atoms with E-state index >= 15 is 0 Å². The van der Waals surface area contributed by atoms with Crippen LogP contribution in [0.1, 0.15) is 32.9 Å². The second kappa shape index (κ2) is 11.3. The molecule has 30 heavy (non-hydrogen) atoms. The van der Waals surface area contributed by atoms with Crippen LogP contribution >= 0.6 is 19.2 Å². The van der Waals surface area contributed by atoms with E-state index in [4.69, 9.17) is 30.1 Å². The third-order valence-electron chi connectivity index (χ3n) is 4.26. The lowest BCUT2D eigenvalue weighted by molar-refractivity contribution is -0.125. The van der Waals surface area contributed by atoms with Crippen molar-refractivity contribution in [3.63, 3.8) is 0 Å². The number of Topliss-reactive ketones (excluding diaryl/α,β-unsaturated/α-hetero) is 1. The topological polar surface area (TPSA) is 126 Å². The second-order valence-electron chi connectivity index (χ2n) is 6.50. The number of carbonyl (C=O) groups is 1. The molecule has 0 bridgehead atoms. The van der Waals surface area contributed by atoms with Crippen LogP contribution in [0.15, 0.2) is 15.8 Å². The molecule has 1 aliphatic heterocycles. The Kier molecular flexibility index (Phi) is 9.39. The van der Waals surface area contributed by atoms with Crippen LogP contribution in [0, 0.1) is 0 Å². The summed E-state index contributed by atoms with van der Waals surface area (Å²) in [5.41, 5.74) is -1.52. The van der Waals surface area contributed by atoms with Gasteiger partial charge in [-0.25, -0.2) is 9.18 Å². The number of ether oxygens (including phenoxy) is 2. The van der Waals surface area contributed by atoms with Gasteiger partial charge in [-0.05, 0) is 13.8 Å². The van der Waals surface area contributed by atoms with Crippen LogP contribution in [0.2, 0.25) is 5.02 Å². The van der Waals surface area contributed by atoms with Crippen molar-refractivity contribution in [3.05, 3.63) is 32.1 Å². The number of ketones is 1. The summed E-state index contributed by atoms with van der Waals surface area (Å²) in [7, 11) is -3.32. The maximum atomic E-state index is 14.3.